The van der Waals surface area contributed by atoms with E-state index in [0.29, 0.717) is 27.3 Å². The van der Waals surface area contributed by atoms with Crippen LogP contribution in [0.25, 0.3) is 0 Å². The molecule has 0 spiro atoms. The van der Waals surface area contributed by atoms with Crippen molar-refractivity contribution in [2.24, 2.45) is 0 Å². The molecule has 9 heteroatoms. The van der Waals surface area contributed by atoms with E-state index < -0.39 is 23.0 Å². The lowest BCUT2D eigenvalue weighted by Gasteiger charge is -2.22. The molecule has 0 saturated carbocycles. The number of aliphatic carboxylic acids is 1. The third-order valence-corrected chi connectivity index (χ3v) is 7.74. The Kier molecular flexibility index (Phi) is 8.07. The average molecular weight is 565 g/mol. The van der Waals surface area contributed by atoms with Crippen molar-refractivity contribution in [2.75, 3.05) is 10.6 Å². The Labute approximate surface area is 239 Å². The van der Waals surface area contributed by atoms with Gasteiger partial charge in [0.25, 0.3) is 0 Å². The van der Waals surface area contributed by atoms with Gasteiger partial charge in [0.15, 0.2) is 11.6 Å². The fourth-order valence-electron chi connectivity index (χ4n) is 4.58. The number of carboxylic acids is 1. The summed E-state index contributed by atoms with van der Waals surface area (Å²) >= 11 is 1.25. The number of fused-ring (bicyclic) bond motifs is 2. The molecule has 0 radical (unpaired) electrons. The summed E-state index contributed by atoms with van der Waals surface area (Å²) in [5.41, 5.74) is 2.46. The number of nitrogens with one attached hydrogen (secondary N) is 2. The number of carbonyl (C=O) groups is 5. The van der Waals surface area contributed by atoms with E-state index >= 15 is 0 Å². The number of carboxylic acid groups (broad SMARTS) is 1. The Bertz CT molecular complexity index is 1680. The van der Waals surface area contributed by atoms with Crippen molar-refractivity contribution in [3.63, 3.8) is 0 Å². The minimum Gasteiger partial charge on any atom is -0.481 e. The second-order valence-electron chi connectivity index (χ2n) is 9.30. The Balaban J connectivity index is 1.42. The number of ketones is 2. The fourth-order valence-corrected chi connectivity index (χ4v) is 5.66. The minimum absolute atomic E-state index is 0.158. The average Bonchev–Trinajstić information content (AvgIpc) is 2.98. The molecule has 0 aliphatic heterocycles. The smallest absolute Gasteiger partial charge is 0.303 e. The first-order valence-corrected chi connectivity index (χ1v) is 13.7. The Morgan fingerprint density at radius 2 is 1.37 bits per heavy atom. The lowest BCUT2D eigenvalue weighted by Crippen LogP contribution is -2.25. The normalized spacial score (nSPS) is 12.6. The van der Waals surface area contributed by atoms with Crippen molar-refractivity contribution >= 4 is 52.5 Å². The Hall–Kier alpha value is -5.02. The monoisotopic (exact) mass is 564 g/mol. The van der Waals surface area contributed by atoms with Gasteiger partial charge in [0.05, 0.1) is 17.7 Å². The van der Waals surface area contributed by atoms with E-state index in [1.807, 2.05) is 30.3 Å². The molecule has 0 aromatic heterocycles. The summed E-state index contributed by atoms with van der Waals surface area (Å²) in [6.45, 7) is 0. The molecule has 0 saturated heterocycles. The zero-order valence-corrected chi connectivity index (χ0v) is 22.4. The molecule has 8 nitrogen and oxygen atoms in total. The molecule has 4 aromatic carbocycles. The van der Waals surface area contributed by atoms with Crippen LogP contribution in [-0.2, 0) is 14.4 Å². The first-order chi connectivity index (χ1) is 19.8. The standard InChI is InChI=1S/C32H24N2O6S/c35-26(16-17-27(36)37)33-20-10-6-11-21(18-20)41-31(19-8-2-1-3-9-19)32(40)34-25-15-7-14-24-28(25)30(39)23-13-5-4-12-22(23)29(24)38/h1-15,18,31H,16-17H2,(H,33,35)(H,34,40)(H,36,37). The molecule has 204 valence electrons. The summed E-state index contributed by atoms with van der Waals surface area (Å²) in [5.74, 6) is -2.49. The van der Waals surface area contributed by atoms with Gasteiger partial charge in [-0.15, -0.1) is 11.8 Å². The van der Waals surface area contributed by atoms with Crippen LogP contribution in [0.2, 0.25) is 0 Å². The fraction of sp³-hybridized carbons (Fsp3) is 0.0938. The second-order valence-corrected chi connectivity index (χ2v) is 10.5. The third-order valence-electron chi connectivity index (χ3n) is 6.49. The van der Waals surface area contributed by atoms with Crippen LogP contribution in [0, 0.1) is 0 Å². The van der Waals surface area contributed by atoms with E-state index in [2.05, 4.69) is 10.6 Å². The molecule has 5 rings (SSSR count). The van der Waals surface area contributed by atoms with Gasteiger partial charge in [-0.25, -0.2) is 0 Å². The van der Waals surface area contributed by atoms with Gasteiger partial charge in [0.1, 0.15) is 5.25 Å². The molecule has 3 N–H and O–H groups in total. The largest absolute Gasteiger partial charge is 0.481 e. The molecule has 0 fully saturated rings. The number of hydrogen-bond donors (Lipinski definition) is 3. The maximum atomic E-state index is 13.8. The molecule has 2 amide bonds. The van der Waals surface area contributed by atoms with Gasteiger partial charge >= 0.3 is 5.97 Å². The predicted molar refractivity (Wildman–Crippen MR) is 155 cm³/mol. The number of amides is 2. The number of carbonyl (C=O) groups excluding carboxylic acids is 4. The van der Waals surface area contributed by atoms with Crippen LogP contribution in [0.5, 0.6) is 0 Å². The van der Waals surface area contributed by atoms with Crippen molar-refractivity contribution in [2.45, 2.75) is 23.0 Å². The van der Waals surface area contributed by atoms with Gasteiger partial charge in [-0.3, -0.25) is 24.0 Å². The van der Waals surface area contributed by atoms with Crippen molar-refractivity contribution in [3.8, 4) is 0 Å². The van der Waals surface area contributed by atoms with Crippen molar-refractivity contribution in [1.29, 1.82) is 0 Å². The minimum atomic E-state index is -1.06. The maximum absolute atomic E-state index is 13.8. The first-order valence-electron chi connectivity index (χ1n) is 12.8. The van der Waals surface area contributed by atoms with Gasteiger partial charge in [0, 0.05) is 33.7 Å². The molecular formula is C32H24N2O6S. The molecule has 4 aromatic rings. The summed E-state index contributed by atoms with van der Waals surface area (Å²) in [4.78, 5) is 63.9. The lowest BCUT2D eigenvalue weighted by atomic mass is 9.83. The van der Waals surface area contributed by atoms with Crippen LogP contribution in [0.15, 0.2) is 102 Å². The summed E-state index contributed by atoms with van der Waals surface area (Å²) < 4.78 is 0. The van der Waals surface area contributed by atoms with Crippen molar-refractivity contribution < 1.29 is 29.1 Å². The van der Waals surface area contributed by atoms with Crippen LogP contribution < -0.4 is 10.6 Å². The highest BCUT2D eigenvalue weighted by atomic mass is 32.2. The van der Waals surface area contributed by atoms with E-state index in [9.17, 15) is 24.0 Å². The zero-order valence-electron chi connectivity index (χ0n) is 21.6. The predicted octanol–water partition coefficient (Wildman–Crippen LogP) is 5.74. The summed E-state index contributed by atoms with van der Waals surface area (Å²) in [7, 11) is 0. The molecule has 0 bridgehead atoms. The van der Waals surface area contributed by atoms with Crippen LogP contribution in [0.4, 0.5) is 11.4 Å². The van der Waals surface area contributed by atoms with Crippen LogP contribution >= 0.6 is 11.8 Å². The van der Waals surface area contributed by atoms with Gasteiger partial charge in [0.2, 0.25) is 11.8 Å². The third kappa shape index (κ3) is 6.10. The van der Waals surface area contributed by atoms with E-state index in [1.54, 1.807) is 66.7 Å². The first kappa shape index (κ1) is 27.5. The van der Waals surface area contributed by atoms with Crippen molar-refractivity contribution in [1.82, 2.24) is 0 Å². The highest BCUT2D eigenvalue weighted by Gasteiger charge is 2.32. The topological polar surface area (TPSA) is 130 Å². The highest BCUT2D eigenvalue weighted by molar-refractivity contribution is 8.00. The number of anilines is 2. The number of thioether (sulfide) groups is 1. The van der Waals surface area contributed by atoms with Crippen LogP contribution in [0.3, 0.4) is 0 Å². The Morgan fingerprint density at radius 1 is 0.707 bits per heavy atom. The molecule has 1 aliphatic carbocycles. The summed E-state index contributed by atoms with van der Waals surface area (Å²) in [5, 5.41) is 13.6. The number of hydrogen-bond acceptors (Lipinski definition) is 6. The lowest BCUT2D eigenvalue weighted by molar-refractivity contribution is -0.138. The molecule has 1 aliphatic rings. The van der Waals surface area contributed by atoms with Crippen LogP contribution in [-0.4, -0.2) is 34.5 Å². The highest BCUT2D eigenvalue weighted by Crippen LogP contribution is 2.38. The van der Waals surface area contributed by atoms with Crippen molar-refractivity contribution in [3.05, 3.63) is 125 Å². The molecule has 41 heavy (non-hydrogen) atoms. The number of rotatable bonds is 9. The zero-order chi connectivity index (χ0) is 28.9. The molecule has 0 heterocycles. The summed E-state index contributed by atoms with van der Waals surface area (Å²) in [6, 6.07) is 27.5. The van der Waals surface area contributed by atoms with Gasteiger partial charge < -0.3 is 15.7 Å². The summed E-state index contributed by atoms with van der Waals surface area (Å²) in [6.07, 6.45) is -0.436. The van der Waals surface area contributed by atoms with E-state index in [4.69, 9.17) is 5.11 Å². The number of benzene rings is 4. The second kappa shape index (κ2) is 12.0. The van der Waals surface area contributed by atoms with E-state index in [-0.39, 0.29) is 41.2 Å². The van der Waals surface area contributed by atoms with Gasteiger partial charge in [-0.2, -0.15) is 0 Å². The van der Waals surface area contributed by atoms with Gasteiger partial charge in [-0.1, -0.05) is 72.8 Å². The maximum Gasteiger partial charge on any atom is 0.303 e. The SMILES string of the molecule is O=C(O)CCC(=O)Nc1cccc(SC(C(=O)Nc2cccc3c2C(=O)c2ccccc2C3=O)c2ccccc2)c1. The molecular weight excluding hydrogens is 540 g/mol. The van der Waals surface area contributed by atoms with Gasteiger partial charge in [-0.05, 0) is 29.8 Å². The van der Waals surface area contributed by atoms with E-state index in [0.717, 1.165) is 0 Å². The Morgan fingerprint density at radius 3 is 2.10 bits per heavy atom. The molecule has 1 atom stereocenters. The quantitative estimate of drug-likeness (QED) is 0.195. The van der Waals surface area contributed by atoms with Crippen LogP contribution in [0.1, 0.15) is 55.5 Å². The molecule has 1 unspecified atom stereocenters. The van der Waals surface area contributed by atoms with E-state index in [1.165, 1.54) is 11.8 Å².